The Hall–Kier alpha value is -2.17. The van der Waals surface area contributed by atoms with Crippen molar-refractivity contribution in [1.82, 2.24) is 15.0 Å². The molecule has 5 nitrogen and oxygen atoms in total. The Kier molecular flexibility index (Phi) is 2.21. The molecular formula is C10H9N3O2. The van der Waals surface area contributed by atoms with Crippen molar-refractivity contribution in [1.29, 1.82) is 0 Å². The predicted octanol–water partition coefficient (Wildman–Crippen LogP) is 1.48. The van der Waals surface area contributed by atoms with Gasteiger partial charge in [-0.25, -0.2) is 9.78 Å². The summed E-state index contributed by atoms with van der Waals surface area (Å²) in [4.78, 5) is 21.4. The first-order valence-electron chi connectivity index (χ1n) is 4.38. The second kappa shape index (κ2) is 3.53. The number of carbonyl (C=O) groups is 1. The molecule has 0 aliphatic heterocycles. The second-order valence-corrected chi connectivity index (χ2v) is 3.17. The zero-order chi connectivity index (χ0) is 10.8. The molecule has 0 fully saturated rings. The average Bonchev–Trinajstić information content (AvgIpc) is 2.68. The van der Waals surface area contributed by atoms with Gasteiger partial charge < -0.3 is 10.1 Å². The molecule has 2 aromatic rings. The Bertz CT molecular complexity index is 488. The number of aromatic nitrogens is 3. The summed E-state index contributed by atoms with van der Waals surface area (Å²) in [6, 6.07) is 3.69. The molecule has 15 heavy (non-hydrogen) atoms. The van der Waals surface area contributed by atoms with Crippen LogP contribution in [0.1, 0.15) is 16.1 Å². The number of imidazole rings is 1. The number of nitrogens with zero attached hydrogens (tertiary/aromatic N) is 2. The van der Waals surface area contributed by atoms with Gasteiger partial charge in [-0.3, -0.25) is 4.98 Å². The van der Waals surface area contributed by atoms with Gasteiger partial charge in [0.15, 0.2) is 5.82 Å². The van der Waals surface area contributed by atoms with E-state index in [-0.39, 0.29) is 5.69 Å². The van der Waals surface area contributed by atoms with Crippen LogP contribution in [0.2, 0.25) is 0 Å². The maximum Gasteiger partial charge on any atom is 0.353 e. The van der Waals surface area contributed by atoms with Crippen molar-refractivity contribution >= 4 is 5.97 Å². The minimum atomic E-state index is -1.03. The fourth-order valence-electron chi connectivity index (χ4n) is 1.17. The van der Waals surface area contributed by atoms with Crippen LogP contribution in [0.15, 0.2) is 24.5 Å². The molecule has 0 atom stereocenters. The third kappa shape index (κ3) is 1.85. The summed E-state index contributed by atoms with van der Waals surface area (Å²) in [7, 11) is 0. The number of carboxylic acid groups (broad SMARTS) is 1. The molecule has 0 saturated carbocycles. The Morgan fingerprint density at radius 2 is 2.13 bits per heavy atom. The highest BCUT2D eigenvalue weighted by atomic mass is 16.4. The van der Waals surface area contributed by atoms with Crippen LogP contribution in [0, 0.1) is 6.92 Å². The van der Waals surface area contributed by atoms with Gasteiger partial charge in [-0.15, -0.1) is 0 Å². The zero-order valence-electron chi connectivity index (χ0n) is 8.06. The molecule has 0 radical (unpaired) electrons. The second-order valence-electron chi connectivity index (χ2n) is 3.17. The summed E-state index contributed by atoms with van der Waals surface area (Å²) >= 11 is 0. The SMILES string of the molecule is Cc1ccc(-c2ncc(C(=O)O)[nH]2)nc1. The van der Waals surface area contributed by atoms with Crippen LogP contribution in [0.4, 0.5) is 0 Å². The van der Waals surface area contributed by atoms with Gasteiger partial charge in [0.2, 0.25) is 0 Å². The maximum absolute atomic E-state index is 10.6. The third-order valence-electron chi connectivity index (χ3n) is 1.96. The fraction of sp³-hybridized carbons (Fsp3) is 0.100. The van der Waals surface area contributed by atoms with Crippen LogP contribution in [0.3, 0.4) is 0 Å². The van der Waals surface area contributed by atoms with E-state index in [1.165, 1.54) is 6.20 Å². The summed E-state index contributed by atoms with van der Waals surface area (Å²) in [6.45, 7) is 1.93. The first-order valence-corrected chi connectivity index (χ1v) is 4.38. The maximum atomic E-state index is 10.6. The smallest absolute Gasteiger partial charge is 0.353 e. The van der Waals surface area contributed by atoms with Crippen molar-refractivity contribution in [3.8, 4) is 11.5 Å². The number of hydrogen-bond donors (Lipinski definition) is 2. The minimum absolute atomic E-state index is 0.0624. The van der Waals surface area contributed by atoms with Crippen molar-refractivity contribution in [3.05, 3.63) is 35.8 Å². The number of rotatable bonds is 2. The van der Waals surface area contributed by atoms with E-state index in [0.717, 1.165) is 5.56 Å². The fourth-order valence-corrected chi connectivity index (χ4v) is 1.17. The molecule has 0 aliphatic carbocycles. The van der Waals surface area contributed by atoms with Gasteiger partial charge in [0.1, 0.15) is 11.4 Å². The lowest BCUT2D eigenvalue weighted by molar-refractivity contribution is 0.0691. The standard InChI is InChI=1S/C10H9N3O2/c1-6-2-3-7(11-4-6)9-12-5-8(13-9)10(14)15/h2-5H,1H3,(H,12,13)(H,14,15). The molecule has 76 valence electrons. The largest absolute Gasteiger partial charge is 0.477 e. The Morgan fingerprint density at radius 1 is 1.33 bits per heavy atom. The van der Waals surface area contributed by atoms with Gasteiger partial charge in [-0.2, -0.15) is 0 Å². The molecule has 2 aromatic heterocycles. The van der Waals surface area contributed by atoms with Crippen LogP contribution in [0.5, 0.6) is 0 Å². The Balaban J connectivity index is 2.37. The number of hydrogen-bond acceptors (Lipinski definition) is 3. The van der Waals surface area contributed by atoms with Crippen LogP contribution >= 0.6 is 0 Å². The monoisotopic (exact) mass is 203 g/mol. The molecule has 5 heteroatoms. The van der Waals surface area contributed by atoms with Crippen molar-refractivity contribution in [2.45, 2.75) is 6.92 Å². The third-order valence-corrected chi connectivity index (χ3v) is 1.96. The summed E-state index contributed by atoms with van der Waals surface area (Å²) < 4.78 is 0. The number of nitrogens with one attached hydrogen (secondary N) is 1. The lowest BCUT2D eigenvalue weighted by Crippen LogP contribution is -1.95. The molecule has 2 rings (SSSR count). The summed E-state index contributed by atoms with van der Waals surface area (Å²) in [5.41, 5.74) is 1.74. The number of aromatic amines is 1. The number of carboxylic acids is 1. The highest BCUT2D eigenvalue weighted by Gasteiger charge is 2.08. The highest BCUT2D eigenvalue weighted by Crippen LogP contribution is 2.12. The quantitative estimate of drug-likeness (QED) is 0.774. The van der Waals surface area contributed by atoms with Crippen molar-refractivity contribution in [3.63, 3.8) is 0 Å². The minimum Gasteiger partial charge on any atom is -0.477 e. The lowest BCUT2D eigenvalue weighted by Gasteiger charge is -1.95. The van der Waals surface area contributed by atoms with E-state index >= 15 is 0 Å². The molecule has 2 heterocycles. The molecule has 0 amide bonds. The summed E-state index contributed by atoms with van der Waals surface area (Å²) in [5, 5.41) is 8.70. The molecule has 0 saturated heterocycles. The predicted molar refractivity (Wildman–Crippen MR) is 53.5 cm³/mol. The van der Waals surface area contributed by atoms with Crippen LogP contribution in [-0.2, 0) is 0 Å². The molecular weight excluding hydrogens is 194 g/mol. The van der Waals surface area contributed by atoms with E-state index in [9.17, 15) is 4.79 Å². The topological polar surface area (TPSA) is 78.9 Å². The van der Waals surface area contributed by atoms with E-state index in [2.05, 4.69) is 15.0 Å². The van der Waals surface area contributed by atoms with Gasteiger partial charge >= 0.3 is 5.97 Å². The number of pyridine rings is 1. The Labute approximate surface area is 85.8 Å². The number of aromatic carboxylic acids is 1. The van der Waals surface area contributed by atoms with Crippen molar-refractivity contribution < 1.29 is 9.90 Å². The molecule has 2 N–H and O–H groups in total. The zero-order valence-corrected chi connectivity index (χ0v) is 8.06. The van der Waals surface area contributed by atoms with Gasteiger partial charge in [-0.05, 0) is 18.6 Å². The van der Waals surface area contributed by atoms with Crippen LogP contribution in [0.25, 0.3) is 11.5 Å². The highest BCUT2D eigenvalue weighted by molar-refractivity contribution is 5.85. The van der Waals surface area contributed by atoms with Gasteiger partial charge in [0, 0.05) is 6.20 Å². The lowest BCUT2D eigenvalue weighted by atomic mass is 10.3. The van der Waals surface area contributed by atoms with Gasteiger partial charge in [0.25, 0.3) is 0 Å². The van der Waals surface area contributed by atoms with Crippen molar-refractivity contribution in [2.75, 3.05) is 0 Å². The van der Waals surface area contributed by atoms with Crippen molar-refractivity contribution in [2.24, 2.45) is 0 Å². The molecule has 0 spiro atoms. The van der Waals surface area contributed by atoms with E-state index in [1.54, 1.807) is 12.3 Å². The summed E-state index contributed by atoms with van der Waals surface area (Å²) in [5.74, 6) is -0.562. The van der Waals surface area contributed by atoms with E-state index in [0.29, 0.717) is 11.5 Å². The molecule has 0 aromatic carbocycles. The molecule has 0 aliphatic rings. The molecule has 0 unspecified atom stereocenters. The first kappa shape index (κ1) is 9.39. The van der Waals surface area contributed by atoms with E-state index in [4.69, 9.17) is 5.11 Å². The molecule has 0 bridgehead atoms. The first-order chi connectivity index (χ1) is 7.16. The van der Waals surface area contributed by atoms with Gasteiger partial charge in [-0.1, -0.05) is 6.07 Å². The van der Waals surface area contributed by atoms with E-state index in [1.807, 2.05) is 13.0 Å². The van der Waals surface area contributed by atoms with E-state index < -0.39 is 5.97 Å². The number of aryl methyl sites for hydroxylation is 1. The summed E-state index contributed by atoms with van der Waals surface area (Å²) in [6.07, 6.45) is 2.98. The van der Waals surface area contributed by atoms with Crippen LogP contribution < -0.4 is 0 Å². The number of H-pyrrole nitrogens is 1. The van der Waals surface area contributed by atoms with Gasteiger partial charge in [0.05, 0.1) is 6.20 Å². The van der Waals surface area contributed by atoms with Crippen LogP contribution in [-0.4, -0.2) is 26.0 Å². The normalized spacial score (nSPS) is 10.2. The average molecular weight is 203 g/mol. The Morgan fingerprint density at radius 3 is 2.67 bits per heavy atom.